The fourth-order valence-corrected chi connectivity index (χ4v) is 4.69. The molecule has 1 aliphatic rings. The Labute approximate surface area is 234 Å². The third-order valence-corrected chi connectivity index (χ3v) is 6.98. The van der Waals surface area contributed by atoms with Crippen LogP contribution in [-0.2, 0) is 4.74 Å². The van der Waals surface area contributed by atoms with Crippen LogP contribution in [0.1, 0.15) is 28.0 Å². The van der Waals surface area contributed by atoms with E-state index in [9.17, 15) is 9.18 Å². The molecule has 2 aromatic heterocycles. The monoisotopic (exact) mass is 548 g/mol. The SMILES string of the molecule is C=Cc1c(C#CCNc2ccc(C(=O)N(C)CCOC)cc2OC)nn2c(N[C@@H]3CCN(C)C[C@@H]3F)cccc12. The zero-order chi connectivity index (χ0) is 28.6. The van der Waals surface area contributed by atoms with Crippen LogP contribution in [0.3, 0.4) is 0 Å². The van der Waals surface area contributed by atoms with E-state index in [0.717, 1.165) is 29.1 Å². The first-order chi connectivity index (χ1) is 19.4. The summed E-state index contributed by atoms with van der Waals surface area (Å²) in [6.45, 7) is 6.48. The minimum Gasteiger partial charge on any atom is -0.495 e. The number of benzene rings is 1. The van der Waals surface area contributed by atoms with Gasteiger partial charge in [-0.05, 0) is 49.7 Å². The number of carbonyl (C=O) groups is 1. The fraction of sp³-hybridized carbons (Fsp3) is 0.400. The first kappa shape index (κ1) is 28.9. The molecule has 0 saturated carbocycles. The molecule has 4 rings (SSSR count). The first-order valence-corrected chi connectivity index (χ1v) is 13.2. The first-order valence-electron chi connectivity index (χ1n) is 13.2. The van der Waals surface area contributed by atoms with Crippen LogP contribution in [0.25, 0.3) is 11.6 Å². The van der Waals surface area contributed by atoms with Crippen LogP contribution >= 0.6 is 0 Å². The highest BCUT2D eigenvalue weighted by Crippen LogP contribution is 2.26. The number of halogens is 1. The quantitative estimate of drug-likeness (QED) is 0.375. The number of hydrogen-bond donors (Lipinski definition) is 2. The summed E-state index contributed by atoms with van der Waals surface area (Å²) >= 11 is 0. The highest BCUT2D eigenvalue weighted by molar-refractivity contribution is 5.95. The minimum absolute atomic E-state index is 0.114. The van der Waals surface area contributed by atoms with Crippen LogP contribution in [0.15, 0.2) is 43.0 Å². The van der Waals surface area contributed by atoms with Gasteiger partial charge in [-0.2, -0.15) is 5.10 Å². The summed E-state index contributed by atoms with van der Waals surface area (Å²) in [4.78, 5) is 16.3. The maximum absolute atomic E-state index is 14.7. The fourth-order valence-electron chi connectivity index (χ4n) is 4.69. The Morgan fingerprint density at radius 3 is 2.88 bits per heavy atom. The maximum atomic E-state index is 14.7. The Morgan fingerprint density at radius 2 is 2.15 bits per heavy atom. The number of alkyl halides is 1. The van der Waals surface area contributed by atoms with E-state index in [0.29, 0.717) is 49.7 Å². The maximum Gasteiger partial charge on any atom is 0.253 e. The lowest BCUT2D eigenvalue weighted by atomic mass is 10.0. The smallest absolute Gasteiger partial charge is 0.253 e. The van der Waals surface area contributed by atoms with Gasteiger partial charge in [0.1, 0.15) is 23.4 Å². The van der Waals surface area contributed by atoms with Gasteiger partial charge < -0.3 is 29.9 Å². The molecule has 1 fully saturated rings. The zero-order valence-corrected chi connectivity index (χ0v) is 23.5. The molecule has 0 spiro atoms. The molecule has 10 heteroatoms. The van der Waals surface area contributed by atoms with E-state index in [2.05, 4.69) is 29.1 Å². The van der Waals surface area contributed by atoms with Crippen LogP contribution in [0.2, 0.25) is 0 Å². The van der Waals surface area contributed by atoms with Gasteiger partial charge in [-0.3, -0.25) is 4.79 Å². The number of methoxy groups -OCH3 is 2. The molecule has 0 bridgehead atoms. The van der Waals surface area contributed by atoms with Crippen LogP contribution in [0, 0.1) is 11.8 Å². The van der Waals surface area contributed by atoms with Crippen molar-refractivity contribution in [3.8, 4) is 17.6 Å². The number of likely N-dealkylation sites (N-methyl/N-ethyl adjacent to an activating group) is 1. The van der Waals surface area contributed by atoms with Gasteiger partial charge in [-0.25, -0.2) is 8.91 Å². The second kappa shape index (κ2) is 13.3. The van der Waals surface area contributed by atoms with Gasteiger partial charge in [0.25, 0.3) is 5.91 Å². The van der Waals surface area contributed by atoms with Gasteiger partial charge in [0.15, 0.2) is 0 Å². The van der Waals surface area contributed by atoms with Crippen molar-refractivity contribution in [3.05, 3.63) is 59.8 Å². The standard InChI is InChI=1S/C30H37FN6O3/c1-6-22-24(34-37-27(22)10-7-11-29(37)33-25-14-16-35(2)20-23(25)31)9-8-15-32-26-13-12-21(19-28(26)40-5)30(38)36(3)17-18-39-4/h6-7,10-13,19,23,25,32-33H,1,14-18,20H2,2-5H3/t23-,25+/m0/s1. The highest BCUT2D eigenvalue weighted by atomic mass is 19.1. The van der Waals surface area contributed by atoms with Crippen LogP contribution in [-0.4, -0.2) is 98.6 Å². The summed E-state index contributed by atoms with van der Waals surface area (Å²) in [5.41, 5.74) is 3.49. The van der Waals surface area contributed by atoms with E-state index in [-0.39, 0.29) is 11.9 Å². The van der Waals surface area contributed by atoms with Gasteiger partial charge >= 0.3 is 0 Å². The molecular weight excluding hydrogens is 511 g/mol. The third-order valence-electron chi connectivity index (χ3n) is 6.98. The summed E-state index contributed by atoms with van der Waals surface area (Å²) in [5.74, 6) is 7.40. The van der Waals surface area contributed by atoms with E-state index in [1.807, 2.05) is 30.1 Å². The Hall–Kier alpha value is -4.07. The molecule has 9 nitrogen and oxygen atoms in total. The number of pyridine rings is 1. The topological polar surface area (TPSA) is 83.4 Å². The van der Waals surface area contributed by atoms with Gasteiger partial charge in [-0.1, -0.05) is 24.6 Å². The summed E-state index contributed by atoms with van der Waals surface area (Å²) < 4.78 is 27.0. The van der Waals surface area contributed by atoms with Crippen LogP contribution in [0.5, 0.6) is 5.75 Å². The summed E-state index contributed by atoms with van der Waals surface area (Å²) in [5, 5.41) is 11.3. The number of piperidine rings is 1. The van der Waals surface area contributed by atoms with E-state index >= 15 is 0 Å². The number of aromatic nitrogens is 2. The average molecular weight is 549 g/mol. The Bertz CT molecular complexity index is 1410. The van der Waals surface area contributed by atoms with Crippen molar-refractivity contribution in [1.82, 2.24) is 19.4 Å². The van der Waals surface area contributed by atoms with Gasteiger partial charge in [-0.15, -0.1) is 0 Å². The van der Waals surface area contributed by atoms with E-state index < -0.39 is 6.17 Å². The molecule has 0 aliphatic carbocycles. The Balaban J connectivity index is 1.48. The summed E-state index contributed by atoms with van der Waals surface area (Å²) in [6, 6.07) is 10.7. The molecule has 3 aromatic rings. The lowest BCUT2D eigenvalue weighted by Gasteiger charge is -2.33. The Kier molecular flexibility index (Phi) is 9.64. The highest BCUT2D eigenvalue weighted by Gasteiger charge is 2.28. The van der Waals surface area contributed by atoms with Crippen molar-refractivity contribution < 1.29 is 18.7 Å². The minimum atomic E-state index is -0.963. The molecule has 1 saturated heterocycles. The largest absolute Gasteiger partial charge is 0.495 e. The number of amides is 1. The van der Waals surface area contributed by atoms with Crippen LogP contribution in [0.4, 0.5) is 15.9 Å². The van der Waals surface area contributed by atoms with Crippen molar-refractivity contribution in [1.29, 1.82) is 0 Å². The number of nitrogens with one attached hydrogen (secondary N) is 2. The van der Waals surface area contributed by atoms with Gasteiger partial charge in [0.05, 0.1) is 37.5 Å². The normalized spacial score (nSPS) is 17.1. The number of carbonyl (C=O) groups excluding carboxylic acids is 1. The molecule has 3 heterocycles. The molecule has 40 heavy (non-hydrogen) atoms. The predicted octanol–water partition coefficient (Wildman–Crippen LogP) is 3.62. The van der Waals surface area contributed by atoms with E-state index in [1.54, 1.807) is 55.0 Å². The molecule has 1 amide bonds. The van der Waals surface area contributed by atoms with Crippen molar-refractivity contribution in [3.63, 3.8) is 0 Å². The van der Waals surface area contributed by atoms with E-state index in [4.69, 9.17) is 14.6 Å². The lowest BCUT2D eigenvalue weighted by Crippen LogP contribution is -2.46. The van der Waals surface area contributed by atoms with Crippen molar-refractivity contribution in [2.24, 2.45) is 0 Å². The summed E-state index contributed by atoms with van der Waals surface area (Å²) in [6.07, 6.45) is 1.49. The lowest BCUT2D eigenvalue weighted by molar-refractivity contribution is 0.0744. The summed E-state index contributed by atoms with van der Waals surface area (Å²) in [7, 11) is 6.83. The number of hydrogen-bond acceptors (Lipinski definition) is 7. The number of nitrogens with zero attached hydrogens (tertiary/aromatic N) is 4. The van der Waals surface area contributed by atoms with E-state index in [1.165, 1.54) is 0 Å². The molecule has 0 radical (unpaired) electrons. The number of likely N-dealkylation sites (tertiary alicyclic amines) is 1. The molecule has 2 atom stereocenters. The predicted molar refractivity (Wildman–Crippen MR) is 157 cm³/mol. The van der Waals surface area contributed by atoms with Crippen LogP contribution < -0.4 is 15.4 Å². The number of fused-ring (bicyclic) bond motifs is 1. The number of rotatable bonds is 10. The number of anilines is 2. The second-order valence-corrected chi connectivity index (χ2v) is 9.78. The third kappa shape index (κ3) is 6.55. The second-order valence-electron chi connectivity index (χ2n) is 9.78. The van der Waals surface area contributed by atoms with Crippen molar-refractivity contribution in [2.45, 2.75) is 18.6 Å². The van der Waals surface area contributed by atoms with Gasteiger partial charge in [0, 0.05) is 44.9 Å². The Morgan fingerprint density at radius 1 is 1.32 bits per heavy atom. The molecule has 0 unspecified atom stereocenters. The molecular formula is C30H37FN6O3. The molecule has 1 aromatic carbocycles. The zero-order valence-electron chi connectivity index (χ0n) is 23.5. The molecule has 212 valence electrons. The number of ether oxygens (including phenoxy) is 2. The average Bonchev–Trinajstić information content (AvgIpc) is 3.33. The van der Waals surface area contributed by atoms with Crippen molar-refractivity contribution in [2.75, 3.05) is 71.7 Å². The molecule has 1 aliphatic heterocycles. The molecule has 2 N–H and O–H groups in total. The van der Waals surface area contributed by atoms with Gasteiger partial charge in [0.2, 0.25) is 0 Å². The van der Waals surface area contributed by atoms with Crippen molar-refractivity contribution >= 4 is 29.0 Å².